The van der Waals surface area contributed by atoms with Crippen LogP contribution in [-0.2, 0) is 22.6 Å². The number of rotatable bonds is 13. The summed E-state index contributed by atoms with van der Waals surface area (Å²) < 4.78 is 12.0. The number of amides is 2. The molecule has 0 aliphatic carbocycles. The van der Waals surface area contributed by atoms with Crippen molar-refractivity contribution in [3.8, 4) is 11.5 Å². The Balaban J connectivity index is 1.63. The highest BCUT2D eigenvalue weighted by Crippen LogP contribution is 2.34. The van der Waals surface area contributed by atoms with E-state index in [0.717, 1.165) is 11.1 Å². The van der Waals surface area contributed by atoms with Crippen LogP contribution < -0.4 is 20.2 Å². The minimum atomic E-state index is -0.390. The number of hydrogen-bond acceptors (Lipinski definition) is 5. The largest absolute Gasteiger partial charge is 0.490 e. The van der Waals surface area contributed by atoms with Gasteiger partial charge in [0, 0.05) is 39.7 Å². The van der Waals surface area contributed by atoms with Gasteiger partial charge in [-0.3, -0.25) is 9.59 Å². The van der Waals surface area contributed by atoms with Crippen LogP contribution in [0.25, 0.3) is 0 Å². The van der Waals surface area contributed by atoms with Gasteiger partial charge in [-0.1, -0.05) is 53.5 Å². The third kappa shape index (κ3) is 8.94. The number of halogens is 2. The van der Waals surface area contributed by atoms with Gasteiger partial charge in [0.25, 0.3) is 0 Å². The Hall–Kier alpha value is -3.81. The van der Waals surface area contributed by atoms with Crippen molar-refractivity contribution in [2.24, 2.45) is 5.10 Å². The van der Waals surface area contributed by atoms with E-state index in [1.54, 1.807) is 36.4 Å². The number of hydrazone groups is 1. The van der Waals surface area contributed by atoms with Crippen molar-refractivity contribution >= 4 is 46.9 Å². The van der Waals surface area contributed by atoms with Crippen LogP contribution in [0.4, 0.5) is 5.69 Å². The molecule has 2 amide bonds. The van der Waals surface area contributed by atoms with Gasteiger partial charge in [0.15, 0.2) is 11.5 Å². The maximum Gasteiger partial charge on any atom is 0.240 e. The van der Waals surface area contributed by atoms with Crippen LogP contribution in [-0.4, -0.2) is 24.6 Å². The monoisotopic (exact) mass is 553 g/mol. The first-order valence-electron chi connectivity index (χ1n) is 12.0. The van der Waals surface area contributed by atoms with Gasteiger partial charge in [-0.05, 0) is 55.3 Å². The van der Waals surface area contributed by atoms with Crippen LogP contribution in [0.15, 0.2) is 78.4 Å². The van der Waals surface area contributed by atoms with Crippen LogP contribution in [0.2, 0.25) is 10.0 Å². The van der Waals surface area contributed by atoms with Gasteiger partial charge in [-0.25, -0.2) is 5.43 Å². The average molecular weight is 554 g/mol. The molecular formula is C29H29Cl2N3O4. The van der Waals surface area contributed by atoms with Crippen molar-refractivity contribution in [1.82, 2.24) is 5.43 Å². The topological polar surface area (TPSA) is 89.0 Å². The second-order valence-electron chi connectivity index (χ2n) is 8.16. The number of nitrogens with one attached hydrogen (secondary N) is 2. The molecule has 0 heterocycles. The number of nitrogens with zero attached hydrogens (tertiary/aromatic N) is 1. The van der Waals surface area contributed by atoms with E-state index in [2.05, 4.69) is 22.4 Å². The van der Waals surface area contributed by atoms with Crippen LogP contribution >= 0.6 is 23.2 Å². The second-order valence-corrected chi connectivity index (χ2v) is 9.01. The fourth-order valence-electron chi connectivity index (χ4n) is 3.51. The van der Waals surface area contributed by atoms with Gasteiger partial charge in [-0.2, -0.15) is 5.10 Å². The predicted octanol–water partition coefficient (Wildman–Crippen LogP) is 6.57. The highest BCUT2D eigenvalue weighted by atomic mass is 35.5. The molecule has 0 aromatic heterocycles. The van der Waals surface area contributed by atoms with E-state index in [1.165, 1.54) is 6.21 Å². The van der Waals surface area contributed by atoms with E-state index in [9.17, 15) is 9.59 Å². The highest BCUT2D eigenvalue weighted by molar-refractivity contribution is 6.31. The number of anilines is 1. The van der Waals surface area contributed by atoms with Crippen molar-refractivity contribution in [2.75, 3.05) is 11.9 Å². The number of allylic oxidation sites excluding steroid dienone is 1. The van der Waals surface area contributed by atoms with Crippen molar-refractivity contribution < 1.29 is 19.1 Å². The lowest BCUT2D eigenvalue weighted by Crippen LogP contribution is -2.20. The van der Waals surface area contributed by atoms with Crippen LogP contribution in [0.1, 0.15) is 36.5 Å². The number of hydrogen-bond donors (Lipinski definition) is 2. The summed E-state index contributed by atoms with van der Waals surface area (Å²) in [5.41, 5.74) is 5.43. The molecule has 0 atom stereocenters. The van der Waals surface area contributed by atoms with E-state index in [0.29, 0.717) is 45.8 Å². The van der Waals surface area contributed by atoms with Crippen molar-refractivity contribution in [3.63, 3.8) is 0 Å². The summed E-state index contributed by atoms with van der Waals surface area (Å²) in [6.07, 6.45) is 3.79. The van der Waals surface area contributed by atoms with Crippen molar-refractivity contribution in [1.29, 1.82) is 0 Å². The Kier molecular flexibility index (Phi) is 11.2. The van der Waals surface area contributed by atoms with Gasteiger partial charge in [0.05, 0.1) is 12.8 Å². The molecule has 0 bridgehead atoms. The second kappa shape index (κ2) is 14.8. The molecule has 2 N–H and O–H groups in total. The van der Waals surface area contributed by atoms with Crippen LogP contribution in [0.3, 0.4) is 0 Å². The summed E-state index contributed by atoms with van der Waals surface area (Å²) in [5.74, 6) is 0.454. The molecule has 0 aliphatic heterocycles. The van der Waals surface area contributed by atoms with Gasteiger partial charge in [0.2, 0.25) is 11.8 Å². The minimum absolute atomic E-state index is 0.00328. The number of carbonyl (C=O) groups is 2. The first kappa shape index (κ1) is 28.8. The molecule has 3 aromatic carbocycles. The fourth-order valence-corrected chi connectivity index (χ4v) is 3.89. The Morgan fingerprint density at radius 2 is 1.76 bits per heavy atom. The lowest BCUT2D eigenvalue weighted by Gasteiger charge is -2.17. The zero-order valence-corrected chi connectivity index (χ0v) is 22.5. The minimum Gasteiger partial charge on any atom is -0.490 e. The molecule has 0 saturated heterocycles. The quantitative estimate of drug-likeness (QED) is 0.142. The summed E-state index contributed by atoms with van der Waals surface area (Å²) in [6, 6.07) is 17.9. The SMILES string of the molecule is C=CCc1cc(C=NNC(=O)CCC(=O)Nc2cccc(Cl)c2)cc(OCC)c1OCc1ccccc1Cl. The van der Waals surface area contributed by atoms with E-state index in [1.807, 2.05) is 37.3 Å². The summed E-state index contributed by atoms with van der Waals surface area (Å²) in [7, 11) is 0. The normalized spacial score (nSPS) is 10.7. The highest BCUT2D eigenvalue weighted by Gasteiger charge is 2.14. The Morgan fingerprint density at radius 3 is 2.50 bits per heavy atom. The van der Waals surface area contributed by atoms with Gasteiger partial charge < -0.3 is 14.8 Å². The molecule has 0 fully saturated rings. The van der Waals surface area contributed by atoms with E-state index >= 15 is 0 Å². The number of benzene rings is 3. The lowest BCUT2D eigenvalue weighted by molar-refractivity contribution is -0.124. The fraction of sp³-hybridized carbons (Fsp3) is 0.207. The Labute approximate surface area is 232 Å². The first-order chi connectivity index (χ1) is 18.4. The van der Waals surface area contributed by atoms with E-state index in [4.69, 9.17) is 32.7 Å². The Morgan fingerprint density at radius 1 is 0.974 bits per heavy atom. The molecule has 0 unspecified atom stereocenters. The van der Waals surface area contributed by atoms with Crippen LogP contribution in [0.5, 0.6) is 11.5 Å². The van der Waals surface area contributed by atoms with Gasteiger partial charge in [-0.15, -0.1) is 6.58 Å². The molecule has 0 aliphatic rings. The molecule has 0 saturated carbocycles. The summed E-state index contributed by atoms with van der Waals surface area (Å²) >= 11 is 12.2. The summed E-state index contributed by atoms with van der Waals surface area (Å²) in [6.45, 7) is 6.43. The van der Waals surface area contributed by atoms with Crippen molar-refractivity contribution in [3.05, 3.63) is 100 Å². The predicted molar refractivity (Wildman–Crippen MR) is 152 cm³/mol. The maximum absolute atomic E-state index is 12.2. The molecule has 0 radical (unpaired) electrons. The van der Waals surface area contributed by atoms with E-state index in [-0.39, 0.29) is 25.4 Å². The summed E-state index contributed by atoms with van der Waals surface area (Å²) in [4.78, 5) is 24.3. The van der Waals surface area contributed by atoms with Crippen molar-refractivity contribution in [2.45, 2.75) is 32.8 Å². The third-order valence-corrected chi connectivity index (χ3v) is 5.84. The van der Waals surface area contributed by atoms with Crippen LogP contribution in [0, 0.1) is 0 Å². The molecule has 7 nitrogen and oxygen atoms in total. The zero-order chi connectivity index (χ0) is 27.3. The molecule has 38 heavy (non-hydrogen) atoms. The molecule has 198 valence electrons. The standard InChI is InChI=1S/C29H29Cl2N3O4/c1-3-8-21-15-20(16-26(37-4-2)29(21)38-19-22-9-5-6-12-25(22)31)18-32-34-28(36)14-13-27(35)33-24-11-7-10-23(30)17-24/h3,5-7,9-12,15-18H,1,4,8,13-14,19H2,2H3,(H,33,35)(H,34,36). The average Bonchev–Trinajstić information content (AvgIpc) is 2.88. The molecule has 0 spiro atoms. The van der Waals surface area contributed by atoms with E-state index < -0.39 is 5.91 Å². The smallest absolute Gasteiger partial charge is 0.240 e. The Bertz CT molecular complexity index is 1310. The first-order valence-corrected chi connectivity index (χ1v) is 12.8. The molecule has 3 rings (SSSR count). The third-order valence-electron chi connectivity index (χ3n) is 5.24. The molecule has 3 aromatic rings. The van der Waals surface area contributed by atoms with Gasteiger partial charge >= 0.3 is 0 Å². The molecule has 9 heteroatoms. The maximum atomic E-state index is 12.2. The summed E-state index contributed by atoms with van der Waals surface area (Å²) in [5, 5.41) is 7.88. The molecular weight excluding hydrogens is 525 g/mol. The lowest BCUT2D eigenvalue weighted by atomic mass is 10.1. The zero-order valence-electron chi connectivity index (χ0n) is 21.0. The number of carbonyl (C=O) groups excluding carboxylic acids is 2. The number of ether oxygens (including phenoxy) is 2. The van der Waals surface area contributed by atoms with Gasteiger partial charge in [0.1, 0.15) is 6.61 Å².